The van der Waals surface area contributed by atoms with Crippen LogP contribution < -0.4 is 20.1 Å². The lowest BCUT2D eigenvalue weighted by Crippen LogP contribution is -2.20. The van der Waals surface area contributed by atoms with Crippen molar-refractivity contribution >= 4 is 50.8 Å². The van der Waals surface area contributed by atoms with Crippen LogP contribution in [0.1, 0.15) is 5.56 Å². The molecule has 3 aromatic carbocycles. The van der Waals surface area contributed by atoms with Crippen molar-refractivity contribution in [3.63, 3.8) is 0 Å². The molecule has 0 aliphatic heterocycles. The Bertz CT molecular complexity index is 1440. The van der Waals surface area contributed by atoms with Gasteiger partial charge >= 0.3 is 0 Å². The zero-order valence-electron chi connectivity index (χ0n) is 18.6. The van der Waals surface area contributed by atoms with Crippen molar-refractivity contribution in [2.45, 2.75) is 0 Å². The number of hydrogen-bond acceptors (Lipinski definition) is 7. The maximum Gasteiger partial charge on any atom is 0.266 e. The third kappa shape index (κ3) is 6.01. The summed E-state index contributed by atoms with van der Waals surface area (Å²) in [6.45, 7) is -0.233. The molecule has 35 heavy (non-hydrogen) atoms. The predicted octanol–water partition coefficient (Wildman–Crippen LogP) is 4.87. The molecule has 0 bridgehead atoms. The highest BCUT2D eigenvalue weighted by Crippen LogP contribution is 2.29. The van der Waals surface area contributed by atoms with E-state index in [-0.39, 0.29) is 18.1 Å². The molecule has 0 unspecified atom stereocenters. The molecule has 0 radical (unpaired) electrons. The number of nitrogens with zero attached hydrogens (tertiary/aromatic N) is 2. The van der Waals surface area contributed by atoms with Crippen LogP contribution in [0.25, 0.3) is 16.8 Å². The van der Waals surface area contributed by atoms with Gasteiger partial charge in [0.05, 0.1) is 7.11 Å². The number of hydrogen-bond donors (Lipinski definition) is 2. The Morgan fingerprint density at radius 3 is 2.63 bits per heavy atom. The topological polar surface area (TPSA) is 113 Å². The number of methoxy groups -OCH3 is 1. The van der Waals surface area contributed by atoms with Crippen LogP contribution in [-0.4, -0.2) is 30.5 Å². The maximum atomic E-state index is 12.7. The molecule has 0 aliphatic carbocycles. The third-order valence-corrected chi connectivity index (χ3v) is 5.60. The third-order valence-electron chi connectivity index (χ3n) is 4.91. The molecule has 0 atom stereocenters. The number of aromatic nitrogens is 1. The largest absolute Gasteiger partial charge is 0.493 e. The molecule has 4 rings (SSSR count). The van der Waals surface area contributed by atoms with Gasteiger partial charge in [-0.15, -0.1) is 11.3 Å². The molecule has 2 amide bonds. The lowest BCUT2D eigenvalue weighted by atomic mass is 10.1. The van der Waals surface area contributed by atoms with E-state index in [0.29, 0.717) is 27.9 Å². The van der Waals surface area contributed by atoms with Gasteiger partial charge in [-0.25, -0.2) is 4.98 Å². The zero-order valence-corrected chi connectivity index (χ0v) is 19.5. The number of thiazole rings is 1. The van der Waals surface area contributed by atoms with Gasteiger partial charge in [-0.05, 0) is 46.7 Å². The summed E-state index contributed by atoms with van der Waals surface area (Å²) in [6, 6.07) is 20.2. The molecule has 0 spiro atoms. The summed E-state index contributed by atoms with van der Waals surface area (Å²) >= 11 is 1.30. The molecule has 174 valence electrons. The van der Waals surface area contributed by atoms with Gasteiger partial charge < -0.3 is 14.8 Å². The molecule has 1 heterocycles. The Kier molecular flexibility index (Phi) is 7.35. The molecular weight excluding hydrogens is 464 g/mol. The zero-order chi connectivity index (χ0) is 24.6. The SMILES string of the molecule is COc1cc(/C=C(\C#N)C(=O)Nc2ccc3ccccc3c2)ccc1OCC(=O)Nc1nccs1. The van der Waals surface area contributed by atoms with Gasteiger partial charge in [0.2, 0.25) is 0 Å². The lowest BCUT2D eigenvalue weighted by molar-refractivity contribution is -0.118. The van der Waals surface area contributed by atoms with Crippen LogP contribution in [0, 0.1) is 11.3 Å². The number of rotatable bonds is 8. The summed E-state index contributed by atoms with van der Waals surface area (Å²) in [6.07, 6.45) is 3.05. The first-order valence-corrected chi connectivity index (χ1v) is 11.4. The van der Waals surface area contributed by atoms with Crippen molar-refractivity contribution in [3.05, 3.63) is 83.4 Å². The van der Waals surface area contributed by atoms with Gasteiger partial charge in [0.25, 0.3) is 11.8 Å². The van der Waals surface area contributed by atoms with Crippen molar-refractivity contribution in [1.29, 1.82) is 5.26 Å². The van der Waals surface area contributed by atoms with Crippen LogP contribution in [-0.2, 0) is 9.59 Å². The van der Waals surface area contributed by atoms with E-state index in [1.165, 1.54) is 24.5 Å². The van der Waals surface area contributed by atoms with Crippen LogP contribution in [0.2, 0.25) is 0 Å². The molecule has 1 aromatic heterocycles. The molecule has 4 aromatic rings. The van der Waals surface area contributed by atoms with Gasteiger partial charge in [-0.1, -0.05) is 36.4 Å². The van der Waals surface area contributed by atoms with Crippen molar-refractivity contribution in [2.24, 2.45) is 0 Å². The van der Waals surface area contributed by atoms with Crippen molar-refractivity contribution < 1.29 is 19.1 Å². The van der Waals surface area contributed by atoms with Crippen LogP contribution in [0.15, 0.2) is 77.8 Å². The van der Waals surface area contributed by atoms with Crippen LogP contribution in [0.3, 0.4) is 0 Å². The Labute approximate surface area is 205 Å². The first-order chi connectivity index (χ1) is 17.1. The van der Waals surface area contributed by atoms with Crippen LogP contribution in [0.4, 0.5) is 10.8 Å². The highest BCUT2D eigenvalue weighted by atomic mass is 32.1. The average molecular weight is 485 g/mol. The molecule has 0 aliphatic rings. The number of carbonyl (C=O) groups is 2. The smallest absolute Gasteiger partial charge is 0.266 e. The van der Waals surface area contributed by atoms with Crippen molar-refractivity contribution in [2.75, 3.05) is 24.4 Å². The second kappa shape index (κ2) is 11.0. The van der Waals surface area contributed by atoms with E-state index < -0.39 is 5.91 Å². The lowest BCUT2D eigenvalue weighted by Gasteiger charge is -2.11. The Morgan fingerprint density at radius 1 is 1.06 bits per heavy atom. The number of nitrogens with one attached hydrogen (secondary N) is 2. The van der Waals surface area contributed by atoms with E-state index in [1.54, 1.807) is 35.8 Å². The summed E-state index contributed by atoms with van der Waals surface area (Å²) in [5.74, 6) is -0.185. The predicted molar refractivity (Wildman–Crippen MR) is 135 cm³/mol. The normalized spacial score (nSPS) is 10.9. The molecule has 9 heteroatoms. The van der Waals surface area contributed by atoms with E-state index >= 15 is 0 Å². The van der Waals surface area contributed by atoms with E-state index in [0.717, 1.165) is 10.8 Å². The van der Waals surface area contributed by atoms with E-state index in [1.807, 2.05) is 42.5 Å². The Morgan fingerprint density at radius 2 is 1.89 bits per heavy atom. The van der Waals surface area contributed by atoms with Gasteiger partial charge in [-0.3, -0.25) is 14.9 Å². The van der Waals surface area contributed by atoms with E-state index in [4.69, 9.17) is 9.47 Å². The van der Waals surface area contributed by atoms with Crippen LogP contribution in [0.5, 0.6) is 11.5 Å². The standard InChI is InChI=1S/C26H20N4O4S/c1-33-23-13-17(6-9-22(23)34-16-24(31)30-26-28-10-11-35-26)12-20(15-27)25(32)29-21-8-7-18-4-2-3-5-19(18)14-21/h2-14H,16H2,1H3,(H,29,32)(H,28,30,31)/b20-12+. The summed E-state index contributed by atoms with van der Waals surface area (Å²) in [5, 5.41) is 19.2. The number of benzene rings is 3. The molecule has 8 nitrogen and oxygen atoms in total. The number of carbonyl (C=O) groups excluding carboxylic acids is 2. The minimum absolute atomic E-state index is 0.0725. The fourth-order valence-electron chi connectivity index (χ4n) is 3.26. The highest BCUT2D eigenvalue weighted by Gasteiger charge is 2.13. The summed E-state index contributed by atoms with van der Waals surface area (Å²) in [7, 11) is 1.46. The summed E-state index contributed by atoms with van der Waals surface area (Å²) in [5.41, 5.74) is 1.08. The number of nitriles is 1. The molecule has 0 fully saturated rings. The second-order valence-corrected chi connectivity index (χ2v) is 8.16. The summed E-state index contributed by atoms with van der Waals surface area (Å²) < 4.78 is 10.9. The number of anilines is 2. The number of ether oxygens (including phenoxy) is 2. The van der Waals surface area contributed by atoms with E-state index in [9.17, 15) is 14.9 Å². The van der Waals surface area contributed by atoms with Crippen molar-refractivity contribution in [1.82, 2.24) is 4.98 Å². The quantitative estimate of drug-likeness (QED) is 0.273. The minimum Gasteiger partial charge on any atom is -0.493 e. The second-order valence-electron chi connectivity index (χ2n) is 7.27. The molecular formula is C26H20N4O4S. The molecule has 0 saturated carbocycles. The van der Waals surface area contributed by atoms with E-state index in [2.05, 4.69) is 15.6 Å². The maximum absolute atomic E-state index is 12.7. The number of fused-ring (bicyclic) bond motifs is 1. The highest BCUT2D eigenvalue weighted by molar-refractivity contribution is 7.13. The monoisotopic (exact) mass is 484 g/mol. The first kappa shape index (κ1) is 23.5. The van der Waals surface area contributed by atoms with Crippen molar-refractivity contribution in [3.8, 4) is 17.6 Å². The summed E-state index contributed by atoms with van der Waals surface area (Å²) in [4.78, 5) is 28.7. The fourth-order valence-corrected chi connectivity index (χ4v) is 3.80. The molecule has 2 N–H and O–H groups in total. The van der Waals surface area contributed by atoms with Gasteiger partial charge in [0.1, 0.15) is 11.6 Å². The van der Waals surface area contributed by atoms with Gasteiger partial charge in [-0.2, -0.15) is 5.26 Å². The Balaban J connectivity index is 1.44. The van der Waals surface area contributed by atoms with Crippen LogP contribution >= 0.6 is 11.3 Å². The Hall–Kier alpha value is -4.68. The first-order valence-electron chi connectivity index (χ1n) is 10.5. The number of amides is 2. The molecule has 0 saturated heterocycles. The minimum atomic E-state index is -0.527. The van der Waals surface area contributed by atoms with Gasteiger partial charge in [0, 0.05) is 17.3 Å². The van der Waals surface area contributed by atoms with Gasteiger partial charge in [0.15, 0.2) is 23.2 Å². The fraction of sp³-hybridized carbons (Fsp3) is 0.0769. The average Bonchev–Trinajstić information content (AvgIpc) is 3.39.